The Bertz CT molecular complexity index is 459. The molecule has 0 radical (unpaired) electrons. The number of nitrogens with one attached hydrogen (secondary N) is 1. The molecule has 1 aliphatic carbocycles. The molecule has 1 saturated carbocycles. The lowest BCUT2D eigenvalue weighted by atomic mass is 10.1. The van der Waals surface area contributed by atoms with Gasteiger partial charge in [0.25, 0.3) is 0 Å². The summed E-state index contributed by atoms with van der Waals surface area (Å²) in [5, 5.41) is 12.3. The van der Waals surface area contributed by atoms with Crippen molar-refractivity contribution in [3.8, 4) is 17.2 Å². The second-order valence-corrected chi connectivity index (χ2v) is 5.25. The monoisotopic (exact) mass is 279 g/mol. The van der Waals surface area contributed by atoms with E-state index in [0.717, 1.165) is 42.2 Å². The third-order valence-electron chi connectivity index (χ3n) is 3.52. The summed E-state index contributed by atoms with van der Waals surface area (Å²) >= 11 is 0. The van der Waals surface area contributed by atoms with Crippen molar-refractivity contribution in [2.75, 3.05) is 20.0 Å². The third kappa shape index (κ3) is 3.35. The minimum Gasteiger partial charge on any atom is -0.493 e. The molecule has 5 nitrogen and oxygen atoms in total. The molecule has 1 fully saturated rings. The van der Waals surface area contributed by atoms with Gasteiger partial charge in [0, 0.05) is 30.8 Å². The Hall–Kier alpha value is -1.46. The van der Waals surface area contributed by atoms with Crippen LogP contribution in [0.15, 0.2) is 12.1 Å². The minimum absolute atomic E-state index is 0.209. The lowest BCUT2D eigenvalue weighted by Gasteiger charge is -2.13. The Morgan fingerprint density at radius 3 is 2.75 bits per heavy atom. The highest BCUT2D eigenvalue weighted by atomic mass is 16.7. The first-order valence-electron chi connectivity index (χ1n) is 7.26. The van der Waals surface area contributed by atoms with E-state index >= 15 is 0 Å². The summed E-state index contributed by atoms with van der Waals surface area (Å²) < 4.78 is 16.6. The maximum absolute atomic E-state index is 8.80. The number of fused-ring (bicyclic) bond motifs is 1. The molecule has 1 aliphatic heterocycles. The normalized spacial score (nSPS) is 16.4. The fraction of sp³-hybridized carbons (Fsp3) is 0.600. The Morgan fingerprint density at radius 1 is 1.20 bits per heavy atom. The quantitative estimate of drug-likeness (QED) is 0.711. The summed E-state index contributed by atoms with van der Waals surface area (Å²) in [7, 11) is 0. The van der Waals surface area contributed by atoms with Crippen LogP contribution in [0.4, 0.5) is 0 Å². The molecule has 0 unspecified atom stereocenters. The van der Waals surface area contributed by atoms with E-state index in [9.17, 15) is 0 Å². The van der Waals surface area contributed by atoms with Gasteiger partial charge in [-0.25, -0.2) is 0 Å². The summed E-state index contributed by atoms with van der Waals surface area (Å²) in [6.45, 7) is 1.88. The van der Waals surface area contributed by atoms with Gasteiger partial charge in [-0.3, -0.25) is 0 Å². The maximum atomic E-state index is 8.80. The summed E-state index contributed by atoms with van der Waals surface area (Å²) in [5.41, 5.74) is 1.10. The zero-order chi connectivity index (χ0) is 13.8. The molecule has 3 rings (SSSR count). The molecule has 0 spiro atoms. The van der Waals surface area contributed by atoms with E-state index in [1.807, 2.05) is 12.1 Å². The highest BCUT2D eigenvalue weighted by molar-refractivity contribution is 5.51. The van der Waals surface area contributed by atoms with Gasteiger partial charge in [0.2, 0.25) is 6.79 Å². The van der Waals surface area contributed by atoms with Crippen molar-refractivity contribution >= 4 is 0 Å². The van der Waals surface area contributed by atoms with Crippen LogP contribution in [0.25, 0.3) is 0 Å². The fourth-order valence-electron chi connectivity index (χ4n) is 2.18. The van der Waals surface area contributed by atoms with E-state index in [1.54, 1.807) is 0 Å². The molecule has 1 aromatic rings. The van der Waals surface area contributed by atoms with Crippen LogP contribution in [0.2, 0.25) is 0 Å². The van der Waals surface area contributed by atoms with Gasteiger partial charge in [0.15, 0.2) is 11.5 Å². The Balaban J connectivity index is 1.67. The summed E-state index contributed by atoms with van der Waals surface area (Å²) in [6.07, 6.45) is 4.13. The van der Waals surface area contributed by atoms with Crippen molar-refractivity contribution in [2.45, 2.75) is 38.3 Å². The number of rotatable bonds is 8. The molecule has 1 aromatic carbocycles. The molecule has 0 atom stereocenters. The molecule has 20 heavy (non-hydrogen) atoms. The van der Waals surface area contributed by atoms with Crippen LogP contribution in [-0.4, -0.2) is 31.2 Å². The van der Waals surface area contributed by atoms with Crippen LogP contribution in [0.5, 0.6) is 17.2 Å². The van der Waals surface area contributed by atoms with Crippen molar-refractivity contribution in [3.63, 3.8) is 0 Å². The Kier molecular flexibility index (Phi) is 4.28. The van der Waals surface area contributed by atoms with Crippen molar-refractivity contribution < 1.29 is 19.3 Å². The van der Waals surface area contributed by atoms with E-state index in [0.29, 0.717) is 12.6 Å². The highest BCUT2D eigenvalue weighted by Gasteiger charge is 2.22. The van der Waals surface area contributed by atoms with Gasteiger partial charge in [0.1, 0.15) is 5.75 Å². The summed E-state index contributed by atoms with van der Waals surface area (Å²) in [5.74, 6) is 2.39. The van der Waals surface area contributed by atoms with E-state index < -0.39 is 0 Å². The number of ether oxygens (including phenoxy) is 3. The number of hydrogen-bond donors (Lipinski definition) is 2. The largest absolute Gasteiger partial charge is 0.493 e. The minimum atomic E-state index is 0.209. The number of benzene rings is 1. The second kappa shape index (κ2) is 6.33. The topological polar surface area (TPSA) is 60.0 Å². The maximum Gasteiger partial charge on any atom is 0.231 e. The molecule has 0 aromatic heterocycles. The van der Waals surface area contributed by atoms with Gasteiger partial charge < -0.3 is 24.6 Å². The van der Waals surface area contributed by atoms with Gasteiger partial charge in [0.05, 0.1) is 6.61 Å². The van der Waals surface area contributed by atoms with Crippen LogP contribution in [0.3, 0.4) is 0 Å². The molecule has 0 amide bonds. The fourth-order valence-corrected chi connectivity index (χ4v) is 2.18. The molecular formula is C15H21NO4. The van der Waals surface area contributed by atoms with E-state index in [4.69, 9.17) is 19.3 Å². The van der Waals surface area contributed by atoms with Gasteiger partial charge in [-0.2, -0.15) is 0 Å². The molecule has 0 bridgehead atoms. The van der Waals surface area contributed by atoms with Gasteiger partial charge in [-0.05, 0) is 31.7 Å². The van der Waals surface area contributed by atoms with Crippen LogP contribution in [-0.2, 0) is 6.54 Å². The van der Waals surface area contributed by atoms with Gasteiger partial charge in [-0.15, -0.1) is 0 Å². The number of unbranched alkanes of at least 4 members (excludes halogenated alkanes) is 1. The van der Waals surface area contributed by atoms with Gasteiger partial charge >= 0.3 is 0 Å². The first-order chi connectivity index (χ1) is 9.86. The highest BCUT2D eigenvalue weighted by Crippen LogP contribution is 2.38. The Labute approximate surface area is 118 Å². The number of hydrogen-bond acceptors (Lipinski definition) is 5. The average molecular weight is 279 g/mol. The van der Waals surface area contributed by atoms with Crippen molar-refractivity contribution in [2.24, 2.45) is 0 Å². The van der Waals surface area contributed by atoms with Crippen molar-refractivity contribution in [3.05, 3.63) is 17.7 Å². The summed E-state index contributed by atoms with van der Waals surface area (Å²) in [4.78, 5) is 0. The predicted molar refractivity (Wildman–Crippen MR) is 74.2 cm³/mol. The number of aliphatic hydroxyl groups is 1. The first kappa shape index (κ1) is 13.5. The molecule has 110 valence electrons. The molecule has 1 heterocycles. The van der Waals surface area contributed by atoms with Crippen molar-refractivity contribution in [1.82, 2.24) is 5.32 Å². The Morgan fingerprint density at radius 2 is 2.00 bits per heavy atom. The zero-order valence-electron chi connectivity index (χ0n) is 11.6. The first-order valence-corrected chi connectivity index (χ1v) is 7.26. The molecule has 0 saturated heterocycles. The second-order valence-electron chi connectivity index (χ2n) is 5.25. The smallest absolute Gasteiger partial charge is 0.231 e. The van der Waals surface area contributed by atoms with Crippen molar-refractivity contribution in [1.29, 1.82) is 0 Å². The average Bonchev–Trinajstić information content (AvgIpc) is 3.18. The molecule has 2 N–H and O–H groups in total. The molecular weight excluding hydrogens is 258 g/mol. The van der Waals surface area contributed by atoms with Crippen LogP contribution in [0.1, 0.15) is 31.2 Å². The van der Waals surface area contributed by atoms with Crippen LogP contribution >= 0.6 is 0 Å². The lowest BCUT2D eigenvalue weighted by molar-refractivity contribution is 0.173. The summed E-state index contributed by atoms with van der Waals surface area (Å²) in [6, 6.07) is 4.56. The van der Waals surface area contributed by atoms with Crippen LogP contribution < -0.4 is 19.5 Å². The third-order valence-corrected chi connectivity index (χ3v) is 3.52. The van der Waals surface area contributed by atoms with E-state index in [-0.39, 0.29) is 13.4 Å². The zero-order valence-corrected chi connectivity index (χ0v) is 11.6. The number of aliphatic hydroxyl groups excluding tert-OH is 1. The lowest BCUT2D eigenvalue weighted by Crippen LogP contribution is -2.16. The standard InChI is InChI=1S/C15H21NO4/c17-5-1-2-6-18-13-8-15-14(19-10-20-15)7-11(13)9-16-12-3-4-12/h7-8,12,16-17H,1-6,9-10H2. The van der Waals surface area contributed by atoms with E-state index in [1.165, 1.54) is 12.8 Å². The SMILES string of the molecule is OCCCCOc1cc2c(cc1CNC1CC1)OCO2. The molecule has 5 heteroatoms. The predicted octanol–water partition coefficient (Wildman–Crippen LogP) is 1.82. The van der Waals surface area contributed by atoms with Crippen LogP contribution in [0, 0.1) is 0 Å². The van der Waals surface area contributed by atoms with Gasteiger partial charge in [-0.1, -0.05) is 0 Å². The van der Waals surface area contributed by atoms with E-state index in [2.05, 4.69) is 5.32 Å². The molecule has 2 aliphatic rings.